The minimum Gasteiger partial charge on any atom is -0.147 e. The summed E-state index contributed by atoms with van der Waals surface area (Å²) in [6.45, 7) is 14.3. The number of benzene rings is 5. The molecule has 0 amide bonds. The molecule has 0 bridgehead atoms. The molecule has 0 radical (unpaired) electrons. The SMILES string of the molecule is CC1=Cc2c(-c3cccc4ccccc34)ccc(C)c2[CH]1[Zr]([CH3])([CH3])(=[SiH2])[CH]1C(C(C)C)=Cc2c(-c3cccc(C)c3)cccc21.Cl.Cl. The van der Waals surface area contributed by atoms with Gasteiger partial charge in [0.05, 0.1) is 0 Å². The van der Waals surface area contributed by atoms with Crippen molar-refractivity contribution < 1.29 is 17.4 Å². The Morgan fingerprint density at radius 1 is 0.652 bits per heavy atom. The molecule has 0 saturated heterocycles. The van der Waals surface area contributed by atoms with Gasteiger partial charge in [0.1, 0.15) is 0 Å². The normalized spacial score (nSPS) is 17.2. The molecular weight excluding hydrogens is 695 g/mol. The molecule has 5 aromatic rings. The summed E-state index contributed by atoms with van der Waals surface area (Å²) in [5.41, 5.74) is 17.5. The van der Waals surface area contributed by atoms with Gasteiger partial charge in [-0.1, -0.05) is 0 Å². The predicted octanol–water partition coefficient (Wildman–Crippen LogP) is 12.2. The number of halogens is 2. The molecule has 0 heterocycles. The molecule has 5 aromatic carbocycles. The third kappa shape index (κ3) is 5.48. The monoisotopic (exact) mass is 738 g/mol. The van der Waals surface area contributed by atoms with E-state index in [-0.39, 0.29) is 24.8 Å². The summed E-state index contributed by atoms with van der Waals surface area (Å²) < 4.78 is 6.56. The van der Waals surface area contributed by atoms with E-state index < -0.39 is 17.4 Å². The van der Waals surface area contributed by atoms with Crippen LogP contribution in [-0.4, -0.2) is 6.88 Å². The number of hydrogen-bond donors (Lipinski definition) is 0. The maximum Gasteiger partial charge on any atom is -0.147 e. The fourth-order valence-electron chi connectivity index (χ4n) is 8.95. The van der Waals surface area contributed by atoms with E-state index >= 15 is 0 Å². The molecule has 4 heteroatoms. The van der Waals surface area contributed by atoms with Crippen molar-refractivity contribution in [1.82, 2.24) is 0 Å². The van der Waals surface area contributed by atoms with E-state index in [1.807, 2.05) is 0 Å². The Kier molecular flexibility index (Phi) is 9.48. The van der Waals surface area contributed by atoms with Crippen LogP contribution in [0.25, 0.3) is 45.2 Å². The van der Waals surface area contributed by atoms with Crippen molar-refractivity contribution in [2.24, 2.45) is 5.92 Å². The van der Waals surface area contributed by atoms with Crippen molar-refractivity contribution in [2.45, 2.75) is 51.1 Å². The van der Waals surface area contributed by atoms with Crippen LogP contribution < -0.4 is 0 Å². The summed E-state index contributed by atoms with van der Waals surface area (Å²) in [5.74, 6) is 0.503. The van der Waals surface area contributed by atoms with Crippen LogP contribution in [0.4, 0.5) is 0 Å². The molecule has 2 atom stereocenters. The van der Waals surface area contributed by atoms with Gasteiger partial charge in [-0.25, -0.2) is 0 Å². The van der Waals surface area contributed by atoms with E-state index in [1.165, 1.54) is 55.3 Å². The van der Waals surface area contributed by atoms with Gasteiger partial charge >= 0.3 is 268 Å². The molecule has 236 valence electrons. The third-order valence-electron chi connectivity index (χ3n) is 10.7. The van der Waals surface area contributed by atoms with Crippen molar-refractivity contribution >= 4 is 54.6 Å². The smallest absolute Gasteiger partial charge is 0.147 e. The van der Waals surface area contributed by atoms with Crippen LogP contribution in [-0.2, 0) is 17.4 Å². The Morgan fingerprint density at radius 3 is 2.07 bits per heavy atom. The number of fused-ring (bicyclic) bond motifs is 3. The van der Waals surface area contributed by atoms with E-state index in [0.717, 1.165) is 0 Å². The van der Waals surface area contributed by atoms with Gasteiger partial charge in [-0.15, -0.1) is 24.8 Å². The maximum atomic E-state index is 2.77. The summed E-state index contributed by atoms with van der Waals surface area (Å²) in [6.07, 6.45) is 5.17. The summed E-state index contributed by atoms with van der Waals surface area (Å²) >= 11 is -3.71. The van der Waals surface area contributed by atoms with Crippen LogP contribution in [0.3, 0.4) is 0 Å². The fraction of sp³-hybridized carbons (Fsp3) is 0.238. The summed E-state index contributed by atoms with van der Waals surface area (Å²) in [6, 6.07) is 36.6. The van der Waals surface area contributed by atoms with Gasteiger partial charge in [-0.3, -0.25) is 0 Å². The second-order valence-corrected chi connectivity index (χ2v) is 45.4. The molecular formula is C42H46Cl2SiZr. The van der Waals surface area contributed by atoms with Crippen molar-refractivity contribution in [1.29, 1.82) is 0 Å². The first-order chi connectivity index (χ1) is 20.9. The topological polar surface area (TPSA) is 0 Å². The second kappa shape index (κ2) is 12.5. The zero-order valence-corrected chi connectivity index (χ0v) is 33.7. The predicted molar refractivity (Wildman–Crippen MR) is 207 cm³/mol. The number of aryl methyl sites for hydroxylation is 2. The van der Waals surface area contributed by atoms with Crippen molar-refractivity contribution in [3.8, 4) is 22.3 Å². The van der Waals surface area contributed by atoms with Gasteiger partial charge in [0.15, 0.2) is 0 Å². The van der Waals surface area contributed by atoms with E-state index in [2.05, 4.69) is 160 Å². The minimum absolute atomic E-state index is 0. The second-order valence-electron chi connectivity index (χ2n) is 15.0. The summed E-state index contributed by atoms with van der Waals surface area (Å²) in [5, 5.41) is 2.64. The first kappa shape index (κ1) is 34.8. The van der Waals surface area contributed by atoms with Gasteiger partial charge in [-0.2, -0.15) is 0 Å². The maximum absolute atomic E-state index is 3.71. The number of rotatable bonds is 5. The average molecular weight is 741 g/mol. The molecule has 0 fully saturated rings. The number of allylic oxidation sites excluding steroid dienone is 2. The first-order valence-corrected chi connectivity index (χ1v) is 29.9. The molecule has 0 spiro atoms. The largest absolute Gasteiger partial charge is 0.147 e. The minimum atomic E-state index is -3.71. The average Bonchev–Trinajstić information content (AvgIpc) is 3.57. The van der Waals surface area contributed by atoms with Crippen LogP contribution >= 0.6 is 24.8 Å². The van der Waals surface area contributed by atoms with Crippen LogP contribution in [0.2, 0.25) is 9.26 Å². The van der Waals surface area contributed by atoms with Gasteiger partial charge in [0.25, 0.3) is 0 Å². The Hall–Kier alpha value is -2.48. The van der Waals surface area contributed by atoms with E-state index in [4.69, 9.17) is 0 Å². The van der Waals surface area contributed by atoms with Crippen LogP contribution in [0.1, 0.15) is 61.4 Å². The van der Waals surface area contributed by atoms with Gasteiger partial charge < -0.3 is 0 Å². The zero-order valence-electron chi connectivity index (χ0n) is 28.1. The Labute approximate surface area is 290 Å². The Morgan fingerprint density at radius 2 is 1.33 bits per heavy atom. The summed E-state index contributed by atoms with van der Waals surface area (Å²) in [4.78, 5) is 0. The zero-order chi connectivity index (χ0) is 31.0. The van der Waals surface area contributed by atoms with Crippen molar-refractivity contribution in [3.63, 3.8) is 0 Å². The van der Waals surface area contributed by atoms with Crippen molar-refractivity contribution in [3.05, 3.63) is 142 Å². The molecule has 0 saturated carbocycles. The Bertz CT molecular complexity index is 2120. The molecule has 0 aliphatic heterocycles. The first-order valence-electron chi connectivity index (χ1n) is 16.2. The number of hydrogen-bond acceptors (Lipinski definition) is 0. The molecule has 2 aliphatic rings. The van der Waals surface area contributed by atoms with Gasteiger partial charge in [0.2, 0.25) is 0 Å². The molecule has 46 heavy (non-hydrogen) atoms. The van der Waals surface area contributed by atoms with Gasteiger partial charge in [0, 0.05) is 0 Å². The molecule has 7 rings (SSSR count). The summed E-state index contributed by atoms with van der Waals surface area (Å²) in [7, 11) is 0. The van der Waals surface area contributed by atoms with Crippen molar-refractivity contribution in [2.75, 3.05) is 0 Å². The molecule has 0 aromatic heterocycles. The molecule has 0 N–H and O–H groups in total. The Balaban J connectivity index is 0.00000208. The van der Waals surface area contributed by atoms with Gasteiger partial charge in [-0.05, 0) is 0 Å². The van der Waals surface area contributed by atoms with E-state index in [0.29, 0.717) is 13.2 Å². The van der Waals surface area contributed by atoms with Crippen LogP contribution in [0.5, 0.6) is 0 Å². The molecule has 2 unspecified atom stereocenters. The van der Waals surface area contributed by atoms with E-state index in [9.17, 15) is 0 Å². The molecule has 2 aliphatic carbocycles. The van der Waals surface area contributed by atoms with Crippen LogP contribution in [0, 0.1) is 19.8 Å². The van der Waals surface area contributed by atoms with Crippen LogP contribution in [0.15, 0.2) is 108 Å². The third-order valence-corrected chi connectivity index (χ3v) is 28.3. The van der Waals surface area contributed by atoms with E-state index in [1.54, 1.807) is 22.3 Å². The standard InChI is InChI=1S/C21H17.C19H19.2CH3.2ClH.H2Si.Zr/c1-14-12-20-15(2)10-11-19(21(20)13-14)18-9-5-7-16-6-3-4-8-17(16)18;1-13(2)17-11-16-8-5-9-18(19(16)12-17)15-7-4-6-14(3)10-15;;;;;;/h3-13H,1-2H3;4-13H,1-3H3;2*1H3;2*1H;1H2;. The fourth-order valence-corrected chi connectivity index (χ4v) is 29.6. The quantitative estimate of drug-likeness (QED) is 0.157. The molecule has 0 nitrogen and oxygen atoms in total.